The van der Waals surface area contributed by atoms with Crippen LogP contribution in [0.1, 0.15) is 20.8 Å². The molecule has 0 amide bonds. The molecule has 0 radical (unpaired) electrons. The summed E-state index contributed by atoms with van der Waals surface area (Å²) in [6.07, 6.45) is 0.264. The number of hydrogen-bond acceptors (Lipinski definition) is 3. The smallest absolute Gasteiger partial charge is 0.219 e. The summed E-state index contributed by atoms with van der Waals surface area (Å²) in [5.74, 6) is 0.493. The van der Waals surface area contributed by atoms with Gasteiger partial charge >= 0.3 is 0 Å². The first kappa shape index (κ1) is 8.38. The summed E-state index contributed by atoms with van der Waals surface area (Å²) in [5, 5.41) is 8.43. The van der Waals surface area contributed by atoms with E-state index in [-0.39, 0.29) is 11.5 Å². The molecular formula is C10H16N3O+. The summed E-state index contributed by atoms with van der Waals surface area (Å²) in [4.78, 5) is 5.81. The van der Waals surface area contributed by atoms with E-state index in [9.17, 15) is 0 Å². The third-order valence-electron chi connectivity index (χ3n) is 3.28. The van der Waals surface area contributed by atoms with Crippen LogP contribution in [0.2, 0.25) is 0 Å². The fraction of sp³-hybridized carbons (Fsp3) is 0.900. The van der Waals surface area contributed by atoms with Crippen LogP contribution in [-0.4, -0.2) is 35.7 Å². The molecule has 0 aromatic heterocycles. The molecule has 0 aromatic rings. The minimum Gasteiger partial charge on any atom is -0.271 e. The highest BCUT2D eigenvalue weighted by Gasteiger charge is 2.61. The van der Waals surface area contributed by atoms with Crippen molar-refractivity contribution in [3.8, 4) is 0 Å². The van der Waals surface area contributed by atoms with Crippen LogP contribution in [0.15, 0.2) is 10.2 Å². The Balaban J connectivity index is 2.03. The highest BCUT2D eigenvalue weighted by molar-refractivity contribution is 5.90. The van der Waals surface area contributed by atoms with Crippen LogP contribution in [-0.2, 0) is 4.84 Å². The van der Waals surface area contributed by atoms with Gasteiger partial charge in [0.1, 0.15) is 12.5 Å². The maximum atomic E-state index is 5.81. The monoisotopic (exact) mass is 194 g/mol. The minimum atomic E-state index is 0.195. The van der Waals surface area contributed by atoms with Crippen molar-refractivity contribution in [3.05, 3.63) is 0 Å². The normalized spacial score (nSPS) is 39.2. The Morgan fingerprint density at radius 3 is 2.79 bits per heavy atom. The van der Waals surface area contributed by atoms with Crippen LogP contribution in [0.4, 0.5) is 0 Å². The number of rotatable bonds is 0. The van der Waals surface area contributed by atoms with E-state index in [4.69, 9.17) is 4.84 Å². The number of hydrogen-bond donors (Lipinski definition) is 0. The van der Waals surface area contributed by atoms with Crippen LogP contribution in [0.25, 0.3) is 0 Å². The van der Waals surface area contributed by atoms with Gasteiger partial charge in [0.2, 0.25) is 18.4 Å². The second-order valence-corrected chi connectivity index (χ2v) is 5.37. The lowest BCUT2D eigenvalue weighted by atomic mass is 9.78. The third kappa shape index (κ3) is 0.913. The lowest BCUT2D eigenvalue weighted by Crippen LogP contribution is -2.42. The van der Waals surface area contributed by atoms with Gasteiger partial charge in [-0.25, -0.2) is 0 Å². The van der Waals surface area contributed by atoms with Crippen molar-refractivity contribution in [1.82, 2.24) is 0 Å². The summed E-state index contributed by atoms with van der Waals surface area (Å²) in [6, 6.07) is 0.358. The van der Waals surface area contributed by atoms with Crippen molar-refractivity contribution in [2.75, 3.05) is 13.1 Å². The summed E-state index contributed by atoms with van der Waals surface area (Å²) < 4.78 is 2.07. The predicted octanol–water partition coefficient (Wildman–Crippen LogP) is 1.26. The van der Waals surface area contributed by atoms with E-state index in [1.807, 2.05) is 0 Å². The zero-order valence-electron chi connectivity index (χ0n) is 8.90. The summed E-state index contributed by atoms with van der Waals surface area (Å²) >= 11 is 0. The van der Waals surface area contributed by atoms with Gasteiger partial charge in [0.25, 0.3) is 0 Å². The molecule has 3 aliphatic heterocycles. The van der Waals surface area contributed by atoms with Crippen molar-refractivity contribution < 1.29 is 9.58 Å². The molecule has 76 valence electrons. The Kier molecular flexibility index (Phi) is 1.41. The molecule has 0 N–H and O–H groups in total. The molecule has 3 aliphatic rings. The average Bonchev–Trinajstić information content (AvgIpc) is 2.53. The molecule has 0 spiro atoms. The number of hydroxylamine groups is 1. The van der Waals surface area contributed by atoms with Gasteiger partial charge in [-0.3, -0.25) is 4.84 Å². The van der Waals surface area contributed by atoms with Crippen LogP contribution in [0, 0.1) is 11.3 Å². The first-order valence-electron chi connectivity index (χ1n) is 5.25. The van der Waals surface area contributed by atoms with Crippen molar-refractivity contribution >= 4 is 5.71 Å². The molecule has 3 rings (SSSR count). The first-order valence-corrected chi connectivity index (χ1v) is 5.25. The van der Waals surface area contributed by atoms with Crippen molar-refractivity contribution in [2.45, 2.75) is 32.9 Å². The molecule has 4 heteroatoms. The van der Waals surface area contributed by atoms with E-state index in [1.54, 1.807) is 0 Å². The van der Waals surface area contributed by atoms with Crippen LogP contribution in [0.5, 0.6) is 0 Å². The van der Waals surface area contributed by atoms with Gasteiger partial charge in [0.05, 0.1) is 0 Å². The minimum absolute atomic E-state index is 0.195. The second-order valence-electron chi connectivity index (χ2n) is 5.37. The zero-order valence-corrected chi connectivity index (χ0v) is 8.90. The van der Waals surface area contributed by atoms with Gasteiger partial charge in [0.15, 0.2) is 6.04 Å². The lowest BCUT2D eigenvalue weighted by Gasteiger charge is -2.24. The maximum absolute atomic E-state index is 5.81. The summed E-state index contributed by atoms with van der Waals surface area (Å²) in [7, 11) is 0. The second kappa shape index (κ2) is 2.35. The Bertz CT molecular complexity index is 340. The highest BCUT2D eigenvalue weighted by Crippen LogP contribution is 2.40. The molecule has 0 fully saturated rings. The Labute approximate surface area is 83.6 Å². The molecule has 0 saturated carbocycles. The molecule has 14 heavy (non-hydrogen) atoms. The summed E-state index contributed by atoms with van der Waals surface area (Å²) in [6.45, 7) is 8.37. The molecule has 0 aromatic carbocycles. The van der Waals surface area contributed by atoms with E-state index in [2.05, 4.69) is 35.7 Å². The number of azo groups is 1. The fourth-order valence-electron chi connectivity index (χ4n) is 2.84. The van der Waals surface area contributed by atoms with Crippen molar-refractivity contribution in [1.29, 1.82) is 0 Å². The first-order chi connectivity index (χ1) is 6.57. The van der Waals surface area contributed by atoms with Gasteiger partial charge in [-0.15, -0.1) is 0 Å². The summed E-state index contributed by atoms with van der Waals surface area (Å²) in [5.41, 5.74) is 1.62. The molecule has 0 aliphatic carbocycles. The predicted molar refractivity (Wildman–Crippen MR) is 51.5 cm³/mol. The quantitative estimate of drug-likeness (QED) is 0.535. The highest BCUT2D eigenvalue weighted by atomic mass is 16.7. The largest absolute Gasteiger partial charge is 0.271 e. The van der Waals surface area contributed by atoms with E-state index < -0.39 is 0 Å². The Hall–Kier alpha value is -0.930. The van der Waals surface area contributed by atoms with Crippen LogP contribution in [0.3, 0.4) is 0 Å². The molecule has 4 nitrogen and oxygen atoms in total. The van der Waals surface area contributed by atoms with Gasteiger partial charge in [-0.05, 0) is 4.74 Å². The van der Waals surface area contributed by atoms with Gasteiger partial charge in [-0.1, -0.05) is 20.8 Å². The van der Waals surface area contributed by atoms with Crippen molar-refractivity contribution in [3.63, 3.8) is 0 Å². The van der Waals surface area contributed by atoms with E-state index >= 15 is 0 Å². The van der Waals surface area contributed by atoms with E-state index in [1.165, 1.54) is 5.71 Å². The standard InChI is InChI=1S/C10H16N3O/c1-10(2,3)9-8-6-5-13(9)14-7(8)4-11-12-6/h6-8H,4-5H2,1-3H3/q+1. The van der Waals surface area contributed by atoms with Crippen molar-refractivity contribution in [2.24, 2.45) is 21.6 Å². The van der Waals surface area contributed by atoms with E-state index in [0.29, 0.717) is 12.0 Å². The van der Waals surface area contributed by atoms with Gasteiger partial charge < -0.3 is 0 Å². The third-order valence-corrected chi connectivity index (χ3v) is 3.28. The number of nitrogens with zero attached hydrogens (tertiary/aromatic N) is 3. The Morgan fingerprint density at radius 2 is 2.21 bits per heavy atom. The molecule has 0 saturated heterocycles. The average molecular weight is 194 g/mol. The van der Waals surface area contributed by atoms with Crippen LogP contribution < -0.4 is 0 Å². The maximum Gasteiger partial charge on any atom is 0.219 e. The molecule has 3 atom stereocenters. The topological polar surface area (TPSA) is 37.0 Å². The van der Waals surface area contributed by atoms with E-state index in [0.717, 1.165) is 13.1 Å². The molecular weight excluding hydrogens is 178 g/mol. The van der Waals surface area contributed by atoms with Gasteiger partial charge in [0, 0.05) is 5.41 Å². The molecule has 2 bridgehead atoms. The zero-order chi connectivity index (χ0) is 9.92. The lowest BCUT2D eigenvalue weighted by molar-refractivity contribution is -0.792. The molecule has 3 heterocycles. The van der Waals surface area contributed by atoms with Crippen LogP contribution >= 0.6 is 0 Å². The Morgan fingerprint density at radius 1 is 1.43 bits per heavy atom. The SMILES string of the molecule is CC(C)(C)C1=[N+]2CC3N=NCC(O2)C13. The van der Waals surface area contributed by atoms with Gasteiger partial charge in [-0.2, -0.15) is 10.2 Å². The fourth-order valence-corrected chi connectivity index (χ4v) is 2.84. The molecule has 3 unspecified atom stereocenters.